The molecule has 1 amide bonds. The molecule has 32 heavy (non-hydrogen) atoms. The van der Waals surface area contributed by atoms with Gasteiger partial charge >= 0.3 is 5.69 Å². The number of halogens is 1. The van der Waals surface area contributed by atoms with Crippen molar-refractivity contribution in [2.45, 2.75) is 20.0 Å². The molecule has 0 aliphatic heterocycles. The van der Waals surface area contributed by atoms with Crippen LogP contribution in [0.3, 0.4) is 0 Å². The third kappa shape index (κ3) is 4.69. The Hall–Kier alpha value is -4.34. The lowest BCUT2D eigenvalue weighted by Crippen LogP contribution is -2.13. The summed E-state index contributed by atoms with van der Waals surface area (Å²) < 4.78 is 17.0. The van der Waals surface area contributed by atoms with Crippen LogP contribution in [0.2, 0.25) is 0 Å². The number of aromatic nitrogens is 4. The number of rotatable bonds is 7. The molecule has 9 nitrogen and oxygen atoms in total. The number of carbonyl (C=O) groups is 1. The molecule has 0 saturated carbocycles. The van der Waals surface area contributed by atoms with Gasteiger partial charge in [-0.3, -0.25) is 24.3 Å². The molecule has 0 unspecified atom stereocenters. The molecule has 4 rings (SSSR count). The number of aryl methyl sites for hydroxylation is 1. The van der Waals surface area contributed by atoms with Crippen molar-refractivity contribution in [1.82, 2.24) is 19.6 Å². The molecule has 0 radical (unpaired) electrons. The maximum atomic E-state index is 13.9. The number of nitrogens with one attached hydrogen (secondary N) is 1. The summed E-state index contributed by atoms with van der Waals surface area (Å²) in [4.78, 5) is 22.8. The van der Waals surface area contributed by atoms with Gasteiger partial charge in [0.15, 0.2) is 5.82 Å². The Labute approximate surface area is 182 Å². The van der Waals surface area contributed by atoms with E-state index < -0.39 is 4.92 Å². The SMILES string of the molecule is Cc1cc(NC(=O)c2ccc(Cn3cc([N+](=O)[O-])cn3)cc2)nn1Cc1ccccc1F. The fourth-order valence-corrected chi connectivity index (χ4v) is 3.19. The maximum Gasteiger partial charge on any atom is 0.307 e. The summed E-state index contributed by atoms with van der Waals surface area (Å²) in [5, 5.41) is 21.8. The van der Waals surface area contributed by atoms with Crippen molar-refractivity contribution in [3.63, 3.8) is 0 Å². The standard InChI is InChI=1S/C22H19FN6O3/c1-15-10-21(26-28(15)13-18-4-2-3-5-20(18)23)25-22(30)17-8-6-16(7-9-17)12-27-14-19(11-24-27)29(31)32/h2-11,14H,12-13H2,1H3,(H,25,26,30). The van der Waals surface area contributed by atoms with Crippen LogP contribution in [-0.2, 0) is 13.1 Å². The Bertz CT molecular complexity index is 1280. The van der Waals surface area contributed by atoms with Crippen molar-refractivity contribution < 1.29 is 14.1 Å². The first-order valence-corrected chi connectivity index (χ1v) is 9.74. The van der Waals surface area contributed by atoms with Crippen molar-refractivity contribution in [3.8, 4) is 0 Å². The largest absolute Gasteiger partial charge is 0.307 e. The summed E-state index contributed by atoms with van der Waals surface area (Å²) in [6.45, 7) is 2.43. The second-order valence-electron chi connectivity index (χ2n) is 7.22. The van der Waals surface area contributed by atoms with Gasteiger partial charge in [-0.2, -0.15) is 10.2 Å². The van der Waals surface area contributed by atoms with E-state index in [4.69, 9.17) is 0 Å². The number of hydrogen-bond donors (Lipinski definition) is 1. The van der Waals surface area contributed by atoms with E-state index in [9.17, 15) is 19.3 Å². The second kappa shape index (κ2) is 8.80. The van der Waals surface area contributed by atoms with Crippen LogP contribution in [0.1, 0.15) is 27.2 Å². The zero-order valence-corrected chi connectivity index (χ0v) is 17.1. The smallest absolute Gasteiger partial charge is 0.305 e. The van der Waals surface area contributed by atoms with Crippen molar-refractivity contribution in [2.75, 3.05) is 5.32 Å². The first kappa shape index (κ1) is 20.9. The van der Waals surface area contributed by atoms with Crippen LogP contribution in [0.4, 0.5) is 15.9 Å². The number of nitrogens with zero attached hydrogens (tertiary/aromatic N) is 5. The van der Waals surface area contributed by atoms with E-state index in [-0.39, 0.29) is 24.0 Å². The summed E-state index contributed by atoms with van der Waals surface area (Å²) in [5.41, 5.74) is 2.48. The fraction of sp³-hybridized carbons (Fsp3) is 0.136. The lowest BCUT2D eigenvalue weighted by Gasteiger charge is -2.06. The molecule has 2 aromatic heterocycles. The predicted octanol–water partition coefficient (Wildman–Crippen LogP) is 3.78. The van der Waals surface area contributed by atoms with E-state index in [1.54, 1.807) is 53.2 Å². The van der Waals surface area contributed by atoms with Gasteiger partial charge in [-0.25, -0.2) is 4.39 Å². The van der Waals surface area contributed by atoms with E-state index >= 15 is 0 Å². The lowest BCUT2D eigenvalue weighted by atomic mass is 10.1. The van der Waals surface area contributed by atoms with Crippen molar-refractivity contribution >= 4 is 17.4 Å². The summed E-state index contributed by atoms with van der Waals surface area (Å²) in [5.74, 6) is -0.267. The molecule has 0 saturated heterocycles. The molecule has 0 spiro atoms. The minimum absolute atomic E-state index is 0.0780. The first-order chi connectivity index (χ1) is 15.4. The Morgan fingerprint density at radius 3 is 2.59 bits per heavy atom. The van der Waals surface area contributed by atoms with Gasteiger partial charge in [-0.15, -0.1) is 0 Å². The molecule has 2 aromatic carbocycles. The minimum atomic E-state index is -0.504. The van der Waals surface area contributed by atoms with Crippen LogP contribution in [0.25, 0.3) is 0 Å². The highest BCUT2D eigenvalue weighted by Crippen LogP contribution is 2.15. The monoisotopic (exact) mass is 434 g/mol. The Balaban J connectivity index is 1.40. The normalized spacial score (nSPS) is 10.8. The van der Waals surface area contributed by atoms with Gasteiger partial charge in [-0.05, 0) is 30.7 Å². The highest BCUT2D eigenvalue weighted by atomic mass is 19.1. The third-order valence-corrected chi connectivity index (χ3v) is 4.89. The molecule has 2 heterocycles. The molecule has 0 aliphatic rings. The number of hydrogen-bond acceptors (Lipinski definition) is 5. The quantitative estimate of drug-likeness (QED) is 0.352. The van der Waals surface area contributed by atoms with Crippen LogP contribution in [0.5, 0.6) is 0 Å². The highest BCUT2D eigenvalue weighted by molar-refractivity contribution is 6.03. The first-order valence-electron chi connectivity index (χ1n) is 9.74. The van der Waals surface area contributed by atoms with Crippen molar-refractivity contribution in [3.05, 3.63) is 105 Å². The summed E-state index contributed by atoms with van der Waals surface area (Å²) in [6.07, 6.45) is 2.54. The van der Waals surface area contributed by atoms with Crippen molar-refractivity contribution in [2.24, 2.45) is 0 Å². The van der Waals surface area contributed by atoms with Gasteiger partial charge in [0, 0.05) is 22.9 Å². The maximum absolute atomic E-state index is 13.9. The van der Waals surface area contributed by atoms with E-state index in [0.29, 0.717) is 23.5 Å². The van der Waals surface area contributed by atoms with E-state index in [0.717, 1.165) is 11.3 Å². The lowest BCUT2D eigenvalue weighted by molar-refractivity contribution is -0.385. The number of benzene rings is 2. The molecule has 4 aromatic rings. The topological polar surface area (TPSA) is 108 Å². The van der Waals surface area contributed by atoms with E-state index in [1.165, 1.54) is 23.1 Å². The summed E-state index contributed by atoms with van der Waals surface area (Å²) in [6, 6.07) is 15.0. The molecule has 0 aliphatic carbocycles. The fourth-order valence-electron chi connectivity index (χ4n) is 3.19. The number of anilines is 1. The molecule has 1 N–H and O–H groups in total. The van der Waals surface area contributed by atoms with Gasteiger partial charge in [0.05, 0.1) is 18.0 Å². The van der Waals surface area contributed by atoms with Gasteiger partial charge in [0.1, 0.15) is 18.2 Å². The molecule has 0 atom stereocenters. The van der Waals surface area contributed by atoms with Gasteiger partial charge in [0.2, 0.25) is 0 Å². The number of nitro groups is 1. The summed E-state index contributed by atoms with van der Waals surface area (Å²) >= 11 is 0. The van der Waals surface area contributed by atoms with Crippen LogP contribution < -0.4 is 5.32 Å². The average Bonchev–Trinajstić information content (AvgIpc) is 3.37. The molecular weight excluding hydrogens is 415 g/mol. The molecule has 10 heteroatoms. The minimum Gasteiger partial charge on any atom is -0.305 e. The predicted molar refractivity (Wildman–Crippen MR) is 115 cm³/mol. The third-order valence-electron chi connectivity index (χ3n) is 4.89. The number of carbonyl (C=O) groups excluding carboxylic acids is 1. The molecule has 0 fully saturated rings. The Morgan fingerprint density at radius 1 is 1.16 bits per heavy atom. The Morgan fingerprint density at radius 2 is 1.91 bits per heavy atom. The van der Waals surface area contributed by atoms with Crippen LogP contribution in [-0.4, -0.2) is 30.4 Å². The zero-order chi connectivity index (χ0) is 22.7. The highest BCUT2D eigenvalue weighted by Gasteiger charge is 2.12. The van der Waals surface area contributed by atoms with E-state index in [2.05, 4.69) is 15.5 Å². The molecule has 0 bridgehead atoms. The average molecular weight is 434 g/mol. The zero-order valence-electron chi connectivity index (χ0n) is 17.1. The van der Waals surface area contributed by atoms with Gasteiger partial charge < -0.3 is 5.32 Å². The van der Waals surface area contributed by atoms with E-state index in [1.807, 2.05) is 6.92 Å². The van der Waals surface area contributed by atoms with Gasteiger partial charge in [0.25, 0.3) is 5.91 Å². The van der Waals surface area contributed by atoms with Crippen LogP contribution >= 0.6 is 0 Å². The van der Waals surface area contributed by atoms with Gasteiger partial charge in [-0.1, -0.05) is 30.3 Å². The van der Waals surface area contributed by atoms with Crippen LogP contribution in [0, 0.1) is 22.9 Å². The molecule has 162 valence electrons. The Kier molecular flexibility index (Phi) is 5.75. The number of amides is 1. The summed E-state index contributed by atoms with van der Waals surface area (Å²) in [7, 11) is 0. The van der Waals surface area contributed by atoms with Crippen molar-refractivity contribution in [1.29, 1.82) is 0 Å². The molecular formula is C22H19FN6O3. The van der Waals surface area contributed by atoms with Crippen LogP contribution in [0.15, 0.2) is 67.0 Å². The second-order valence-corrected chi connectivity index (χ2v) is 7.22.